The molecule has 138 valence electrons. The average molecular weight is 374 g/mol. The highest BCUT2D eigenvalue weighted by Gasteiger charge is 2.33. The Morgan fingerprint density at radius 3 is 2.65 bits per heavy atom. The third-order valence-corrected chi connectivity index (χ3v) is 6.05. The van der Waals surface area contributed by atoms with E-state index in [-0.39, 0.29) is 17.7 Å². The summed E-state index contributed by atoms with van der Waals surface area (Å²) >= 11 is 1.42. The third kappa shape index (κ3) is 3.10. The second-order valence-electron chi connectivity index (χ2n) is 7.50. The molecule has 2 aromatic heterocycles. The standard InChI is InChI=1S/C19H23FN4OS/c1-11-7-12(2)10-23(9-11)16(14-5-4-6-15(20)8-14)17-18(25)24-19(26-17)21-13(3)22-24/h4-6,8,11-12,16,25H,7,9-10H2,1-3H3/t11-,12+,16-/m1/s1. The largest absolute Gasteiger partial charge is 0.492 e. The number of hydrogen-bond donors (Lipinski definition) is 1. The van der Waals surface area contributed by atoms with Gasteiger partial charge in [0.25, 0.3) is 0 Å². The molecule has 1 fully saturated rings. The maximum atomic E-state index is 14.0. The van der Waals surface area contributed by atoms with Crippen molar-refractivity contribution in [3.8, 4) is 5.88 Å². The Kier molecular flexibility index (Phi) is 4.44. The predicted octanol–water partition coefficient (Wildman–Crippen LogP) is 4.01. The first kappa shape index (κ1) is 17.4. The van der Waals surface area contributed by atoms with Gasteiger partial charge in [0, 0.05) is 13.1 Å². The molecule has 0 amide bonds. The number of hydrogen-bond acceptors (Lipinski definition) is 5. The van der Waals surface area contributed by atoms with Crippen molar-refractivity contribution in [2.24, 2.45) is 11.8 Å². The van der Waals surface area contributed by atoms with Crippen LogP contribution in [0.1, 0.15) is 42.6 Å². The van der Waals surface area contributed by atoms with Crippen molar-refractivity contribution >= 4 is 16.3 Å². The predicted molar refractivity (Wildman–Crippen MR) is 100 cm³/mol. The summed E-state index contributed by atoms with van der Waals surface area (Å²) < 4.78 is 15.4. The van der Waals surface area contributed by atoms with Crippen molar-refractivity contribution in [3.05, 3.63) is 46.3 Å². The molecule has 0 unspecified atom stereocenters. The number of halogens is 1. The highest BCUT2D eigenvalue weighted by atomic mass is 32.1. The Labute approximate surface area is 156 Å². The Bertz CT molecular complexity index is 927. The van der Waals surface area contributed by atoms with Crippen molar-refractivity contribution < 1.29 is 9.50 Å². The highest BCUT2D eigenvalue weighted by molar-refractivity contribution is 7.17. The quantitative estimate of drug-likeness (QED) is 0.753. The summed E-state index contributed by atoms with van der Waals surface area (Å²) in [5.74, 6) is 1.58. The van der Waals surface area contributed by atoms with Crippen LogP contribution in [0.2, 0.25) is 0 Å². The number of rotatable bonds is 3. The molecule has 1 N–H and O–H groups in total. The van der Waals surface area contributed by atoms with E-state index in [0.29, 0.717) is 22.6 Å². The number of aryl methyl sites for hydroxylation is 1. The van der Waals surface area contributed by atoms with E-state index < -0.39 is 0 Å². The van der Waals surface area contributed by atoms with Gasteiger partial charge in [0.15, 0.2) is 0 Å². The van der Waals surface area contributed by atoms with Gasteiger partial charge in [0.05, 0.1) is 10.9 Å². The molecule has 1 aliphatic heterocycles. The van der Waals surface area contributed by atoms with Crippen molar-refractivity contribution in [1.82, 2.24) is 19.5 Å². The van der Waals surface area contributed by atoms with Gasteiger partial charge in [-0.2, -0.15) is 4.52 Å². The van der Waals surface area contributed by atoms with Crippen LogP contribution in [0, 0.1) is 24.6 Å². The van der Waals surface area contributed by atoms with Gasteiger partial charge in [0.1, 0.15) is 11.6 Å². The number of aromatic hydroxyl groups is 1. The molecule has 4 rings (SSSR count). The first-order chi connectivity index (χ1) is 12.4. The SMILES string of the molecule is Cc1nc2sc([C@@H](c3cccc(F)c3)N3C[C@H](C)C[C@H](C)C3)c(O)n2n1. The number of benzene rings is 1. The number of piperidine rings is 1. The van der Waals surface area contributed by atoms with E-state index in [4.69, 9.17) is 0 Å². The van der Waals surface area contributed by atoms with Gasteiger partial charge in [-0.05, 0) is 42.9 Å². The van der Waals surface area contributed by atoms with Gasteiger partial charge in [-0.25, -0.2) is 9.37 Å². The number of nitrogens with zero attached hydrogens (tertiary/aromatic N) is 4. The molecule has 0 spiro atoms. The van der Waals surface area contributed by atoms with Crippen LogP contribution in [0.25, 0.3) is 4.96 Å². The molecule has 0 aliphatic carbocycles. The molecule has 3 heterocycles. The zero-order valence-electron chi connectivity index (χ0n) is 15.2. The lowest BCUT2D eigenvalue weighted by atomic mass is 9.89. The molecule has 0 saturated carbocycles. The van der Waals surface area contributed by atoms with Gasteiger partial charge in [-0.1, -0.05) is 37.3 Å². The fraction of sp³-hybridized carbons (Fsp3) is 0.474. The summed E-state index contributed by atoms with van der Waals surface area (Å²) in [6.45, 7) is 8.13. The minimum absolute atomic E-state index is 0.103. The smallest absolute Gasteiger partial charge is 0.230 e. The minimum atomic E-state index is -0.264. The molecule has 1 aromatic carbocycles. The van der Waals surface area contributed by atoms with E-state index in [0.717, 1.165) is 23.5 Å². The molecule has 3 aromatic rings. The number of thiazole rings is 1. The molecule has 0 bridgehead atoms. The molecular formula is C19H23FN4OS. The molecule has 1 aliphatic rings. The van der Waals surface area contributed by atoms with E-state index in [1.165, 1.54) is 28.3 Å². The van der Waals surface area contributed by atoms with Gasteiger partial charge >= 0.3 is 0 Å². The monoisotopic (exact) mass is 374 g/mol. The molecule has 26 heavy (non-hydrogen) atoms. The van der Waals surface area contributed by atoms with Gasteiger partial charge < -0.3 is 5.11 Å². The third-order valence-electron chi connectivity index (χ3n) is 4.98. The van der Waals surface area contributed by atoms with Crippen LogP contribution in [-0.2, 0) is 0 Å². The van der Waals surface area contributed by atoms with Gasteiger partial charge in [-0.15, -0.1) is 5.10 Å². The van der Waals surface area contributed by atoms with E-state index in [1.807, 2.05) is 6.07 Å². The molecule has 0 radical (unpaired) electrons. The number of fused-ring (bicyclic) bond motifs is 1. The normalized spacial score (nSPS) is 22.8. The van der Waals surface area contributed by atoms with Gasteiger partial charge in [-0.3, -0.25) is 4.90 Å². The lowest BCUT2D eigenvalue weighted by Gasteiger charge is -2.40. The summed E-state index contributed by atoms with van der Waals surface area (Å²) in [5, 5.41) is 15.1. The second-order valence-corrected chi connectivity index (χ2v) is 8.51. The molecule has 1 saturated heterocycles. The van der Waals surface area contributed by atoms with Crippen molar-refractivity contribution in [3.63, 3.8) is 0 Å². The minimum Gasteiger partial charge on any atom is -0.492 e. The van der Waals surface area contributed by atoms with Crippen molar-refractivity contribution in [1.29, 1.82) is 0 Å². The zero-order chi connectivity index (χ0) is 18.4. The summed E-state index contributed by atoms with van der Waals surface area (Å²) in [6.07, 6.45) is 1.19. The zero-order valence-corrected chi connectivity index (χ0v) is 16.0. The van der Waals surface area contributed by atoms with E-state index in [9.17, 15) is 9.50 Å². The molecule has 3 atom stereocenters. The van der Waals surface area contributed by atoms with Gasteiger partial charge in [0.2, 0.25) is 10.8 Å². The summed E-state index contributed by atoms with van der Waals surface area (Å²) in [4.78, 5) is 8.17. The van der Waals surface area contributed by atoms with Crippen LogP contribution < -0.4 is 0 Å². The molecule has 7 heteroatoms. The fourth-order valence-electron chi connectivity index (χ4n) is 4.15. The van der Waals surface area contributed by atoms with E-state index >= 15 is 0 Å². The number of likely N-dealkylation sites (tertiary alicyclic amines) is 1. The lowest BCUT2D eigenvalue weighted by Crippen LogP contribution is -2.41. The maximum Gasteiger partial charge on any atom is 0.230 e. The summed E-state index contributed by atoms with van der Waals surface area (Å²) in [5.41, 5.74) is 0.850. The summed E-state index contributed by atoms with van der Waals surface area (Å²) in [7, 11) is 0. The summed E-state index contributed by atoms with van der Waals surface area (Å²) in [6, 6.07) is 6.47. The fourth-order valence-corrected chi connectivity index (χ4v) is 5.32. The topological polar surface area (TPSA) is 53.7 Å². The molecular weight excluding hydrogens is 351 g/mol. The molecule has 5 nitrogen and oxygen atoms in total. The first-order valence-corrected chi connectivity index (χ1v) is 9.78. The van der Waals surface area contributed by atoms with Crippen LogP contribution in [-0.4, -0.2) is 37.7 Å². The Balaban J connectivity index is 1.84. The lowest BCUT2D eigenvalue weighted by molar-refractivity contribution is 0.111. The van der Waals surface area contributed by atoms with Crippen LogP contribution >= 0.6 is 11.3 Å². The van der Waals surface area contributed by atoms with E-state index in [1.54, 1.807) is 19.1 Å². The van der Waals surface area contributed by atoms with Crippen molar-refractivity contribution in [2.45, 2.75) is 33.2 Å². The average Bonchev–Trinajstić information content (AvgIpc) is 3.05. The Morgan fingerprint density at radius 2 is 2.00 bits per heavy atom. The highest BCUT2D eigenvalue weighted by Crippen LogP contribution is 2.42. The van der Waals surface area contributed by atoms with Crippen LogP contribution in [0.15, 0.2) is 24.3 Å². The maximum absolute atomic E-state index is 14.0. The van der Waals surface area contributed by atoms with Crippen LogP contribution in [0.3, 0.4) is 0 Å². The number of aromatic nitrogens is 3. The second kappa shape index (κ2) is 6.63. The van der Waals surface area contributed by atoms with Crippen LogP contribution in [0.4, 0.5) is 4.39 Å². The first-order valence-electron chi connectivity index (χ1n) is 8.97. The Morgan fingerprint density at radius 1 is 1.27 bits per heavy atom. The Hall–Kier alpha value is -1.99. The van der Waals surface area contributed by atoms with E-state index in [2.05, 4.69) is 28.8 Å². The van der Waals surface area contributed by atoms with Crippen LogP contribution in [0.5, 0.6) is 5.88 Å². The van der Waals surface area contributed by atoms with Crippen molar-refractivity contribution in [2.75, 3.05) is 13.1 Å².